The zero-order valence-corrected chi connectivity index (χ0v) is 17.1. The number of thiazole rings is 1. The lowest BCUT2D eigenvalue weighted by Gasteiger charge is -2.20. The number of halogens is 1. The fourth-order valence-corrected chi connectivity index (χ4v) is 3.59. The van der Waals surface area contributed by atoms with Crippen LogP contribution in [-0.2, 0) is 4.79 Å². The summed E-state index contributed by atoms with van der Waals surface area (Å²) in [4.78, 5) is 18.1. The molecule has 138 valence electrons. The summed E-state index contributed by atoms with van der Waals surface area (Å²) in [5, 5.41) is 4.01. The molecule has 0 spiro atoms. The van der Waals surface area contributed by atoms with Crippen molar-refractivity contribution in [3.05, 3.63) is 40.4 Å². The van der Waals surface area contributed by atoms with Gasteiger partial charge in [0, 0.05) is 5.56 Å². The Morgan fingerprint density at radius 2 is 1.84 bits per heavy atom. The zero-order valence-electron chi connectivity index (χ0n) is 15.5. The summed E-state index contributed by atoms with van der Waals surface area (Å²) in [6.07, 6.45) is 0.889. The highest BCUT2D eigenvalue weighted by atomic mass is 35.5. The first-order chi connectivity index (χ1) is 11.3. The van der Waals surface area contributed by atoms with Gasteiger partial charge in [-0.2, -0.15) is 0 Å². The average Bonchev–Trinajstić information content (AvgIpc) is 2.95. The molecule has 0 radical (unpaired) electrons. The van der Waals surface area contributed by atoms with Crippen molar-refractivity contribution < 1.29 is 4.79 Å². The van der Waals surface area contributed by atoms with Gasteiger partial charge in [-0.3, -0.25) is 4.79 Å². The van der Waals surface area contributed by atoms with Crippen LogP contribution in [-0.4, -0.2) is 16.9 Å². The van der Waals surface area contributed by atoms with Gasteiger partial charge >= 0.3 is 0 Å². The van der Waals surface area contributed by atoms with Crippen LogP contribution in [0, 0.1) is 19.8 Å². The maximum Gasteiger partial charge on any atom is 0.237 e. The van der Waals surface area contributed by atoms with Crippen molar-refractivity contribution in [1.29, 1.82) is 0 Å². The molecule has 2 rings (SSSR count). The molecule has 0 bridgehead atoms. The largest absolute Gasteiger partial charge is 0.347 e. The van der Waals surface area contributed by atoms with Gasteiger partial charge < -0.3 is 11.1 Å². The molecule has 25 heavy (non-hydrogen) atoms. The Balaban J connectivity index is 0.00000312. The summed E-state index contributed by atoms with van der Waals surface area (Å²) >= 11 is 1.63. The van der Waals surface area contributed by atoms with Gasteiger partial charge in [0.05, 0.1) is 22.7 Å². The number of nitrogens with zero attached hydrogens (tertiary/aromatic N) is 1. The Labute approximate surface area is 160 Å². The maximum atomic E-state index is 12.3. The van der Waals surface area contributed by atoms with Crippen LogP contribution < -0.4 is 11.1 Å². The van der Waals surface area contributed by atoms with E-state index in [1.165, 1.54) is 5.56 Å². The number of hydrogen-bond acceptors (Lipinski definition) is 4. The Morgan fingerprint density at radius 1 is 1.24 bits per heavy atom. The first-order valence-corrected chi connectivity index (χ1v) is 9.25. The minimum atomic E-state index is -0.470. The molecule has 6 heteroatoms. The lowest BCUT2D eigenvalue weighted by molar-refractivity contribution is -0.124. The van der Waals surface area contributed by atoms with Crippen molar-refractivity contribution in [3.63, 3.8) is 0 Å². The number of amides is 1. The third-order valence-corrected chi connectivity index (χ3v) is 5.83. The molecule has 0 fully saturated rings. The van der Waals surface area contributed by atoms with Crippen molar-refractivity contribution in [2.75, 3.05) is 0 Å². The lowest BCUT2D eigenvalue weighted by atomic mass is 9.99. The van der Waals surface area contributed by atoms with Crippen molar-refractivity contribution >= 4 is 29.7 Å². The van der Waals surface area contributed by atoms with Crippen LogP contribution >= 0.6 is 23.7 Å². The molecule has 3 N–H and O–H groups in total. The number of carbonyl (C=O) groups is 1. The smallest absolute Gasteiger partial charge is 0.237 e. The Morgan fingerprint density at radius 3 is 2.40 bits per heavy atom. The fraction of sp³-hybridized carbons (Fsp3) is 0.474. The zero-order chi connectivity index (χ0) is 17.9. The summed E-state index contributed by atoms with van der Waals surface area (Å²) in [6.45, 7) is 10.1. The molecule has 3 atom stereocenters. The van der Waals surface area contributed by atoms with Gasteiger partial charge in [0.25, 0.3) is 0 Å². The lowest BCUT2D eigenvalue weighted by Crippen LogP contribution is -2.45. The van der Waals surface area contributed by atoms with E-state index in [1.54, 1.807) is 11.3 Å². The first kappa shape index (κ1) is 21.6. The fourth-order valence-electron chi connectivity index (χ4n) is 2.52. The summed E-state index contributed by atoms with van der Waals surface area (Å²) in [5.74, 6) is 0.0735. The predicted octanol–water partition coefficient (Wildman–Crippen LogP) is 4.40. The highest BCUT2D eigenvalue weighted by Gasteiger charge is 2.23. The number of carbonyl (C=O) groups excluding carboxylic acids is 1. The monoisotopic (exact) mass is 381 g/mol. The second-order valence-corrected chi connectivity index (χ2v) is 7.51. The second-order valence-electron chi connectivity index (χ2n) is 6.48. The van der Waals surface area contributed by atoms with E-state index in [1.807, 2.05) is 27.7 Å². The molecule has 0 saturated carbocycles. The number of benzene rings is 1. The van der Waals surface area contributed by atoms with Crippen LogP contribution in [0.4, 0.5) is 0 Å². The SMILES string of the molecule is CCC(C)C(N)C(=O)NC(C)c1sc(-c2ccc(C)cc2)nc1C.Cl. The van der Waals surface area contributed by atoms with Crippen LogP contribution in [0.2, 0.25) is 0 Å². The molecule has 1 amide bonds. The summed E-state index contributed by atoms with van der Waals surface area (Å²) in [6, 6.07) is 7.77. The molecular formula is C19H28ClN3OS. The van der Waals surface area contributed by atoms with Gasteiger partial charge in [-0.15, -0.1) is 23.7 Å². The molecule has 1 aromatic carbocycles. The number of nitrogens with one attached hydrogen (secondary N) is 1. The van der Waals surface area contributed by atoms with E-state index in [0.29, 0.717) is 0 Å². The van der Waals surface area contributed by atoms with Crippen LogP contribution in [0.15, 0.2) is 24.3 Å². The number of nitrogens with two attached hydrogens (primary N) is 1. The van der Waals surface area contributed by atoms with Crippen LogP contribution in [0.25, 0.3) is 10.6 Å². The molecule has 1 aromatic heterocycles. The van der Waals surface area contributed by atoms with E-state index in [9.17, 15) is 4.79 Å². The van der Waals surface area contributed by atoms with E-state index in [0.717, 1.165) is 27.6 Å². The summed E-state index contributed by atoms with van der Waals surface area (Å²) < 4.78 is 0. The van der Waals surface area contributed by atoms with E-state index in [-0.39, 0.29) is 30.3 Å². The van der Waals surface area contributed by atoms with Gasteiger partial charge in [-0.05, 0) is 26.7 Å². The highest BCUT2D eigenvalue weighted by molar-refractivity contribution is 7.15. The molecule has 4 nitrogen and oxygen atoms in total. The van der Waals surface area contributed by atoms with Crippen molar-refractivity contribution in [2.24, 2.45) is 11.7 Å². The predicted molar refractivity (Wildman–Crippen MR) is 108 cm³/mol. The van der Waals surface area contributed by atoms with Gasteiger partial charge in [-0.1, -0.05) is 50.1 Å². The van der Waals surface area contributed by atoms with Crippen molar-refractivity contribution in [1.82, 2.24) is 10.3 Å². The van der Waals surface area contributed by atoms with E-state index in [2.05, 4.69) is 41.5 Å². The van der Waals surface area contributed by atoms with E-state index >= 15 is 0 Å². The molecule has 0 aliphatic rings. The topological polar surface area (TPSA) is 68.0 Å². The van der Waals surface area contributed by atoms with Crippen LogP contribution in [0.3, 0.4) is 0 Å². The van der Waals surface area contributed by atoms with E-state index in [4.69, 9.17) is 5.73 Å². The number of rotatable bonds is 6. The van der Waals surface area contributed by atoms with Gasteiger partial charge in [-0.25, -0.2) is 4.98 Å². The number of aryl methyl sites for hydroxylation is 2. The summed E-state index contributed by atoms with van der Waals surface area (Å²) in [7, 11) is 0. The standard InChI is InChI=1S/C19H27N3OS.ClH/c1-6-12(3)16(20)18(23)21-13(4)17-14(5)22-19(24-17)15-9-7-11(2)8-10-15;/h7-10,12-13,16H,6,20H2,1-5H3,(H,21,23);1H. The van der Waals surface area contributed by atoms with Crippen LogP contribution in [0.1, 0.15) is 49.4 Å². The first-order valence-electron chi connectivity index (χ1n) is 8.43. The molecule has 0 aliphatic carbocycles. The highest BCUT2D eigenvalue weighted by Crippen LogP contribution is 2.32. The minimum absolute atomic E-state index is 0. The summed E-state index contributed by atoms with van der Waals surface area (Å²) in [5.41, 5.74) is 9.32. The van der Waals surface area contributed by atoms with Gasteiger partial charge in [0.2, 0.25) is 5.91 Å². The Bertz CT molecular complexity index is 699. The number of hydrogen-bond donors (Lipinski definition) is 2. The maximum absolute atomic E-state index is 12.3. The molecule has 1 heterocycles. The average molecular weight is 382 g/mol. The van der Waals surface area contributed by atoms with E-state index < -0.39 is 6.04 Å². The minimum Gasteiger partial charge on any atom is -0.347 e. The molecule has 0 aliphatic heterocycles. The third-order valence-electron chi connectivity index (χ3n) is 4.44. The molecular weight excluding hydrogens is 354 g/mol. The second kappa shape index (κ2) is 9.32. The van der Waals surface area contributed by atoms with Crippen molar-refractivity contribution in [2.45, 2.75) is 53.1 Å². The Kier molecular flexibility index (Phi) is 8.06. The van der Waals surface area contributed by atoms with Crippen molar-refractivity contribution in [3.8, 4) is 10.6 Å². The van der Waals surface area contributed by atoms with Gasteiger partial charge in [0.15, 0.2) is 0 Å². The Hall–Kier alpha value is -1.43. The normalized spacial score (nSPS) is 14.3. The molecule has 2 aromatic rings. The van der Waals surface area contributed by atoms with Gasteiger partial charge in [0.1, 0.15) is 5.01 Å². The molecule has 3 unspecified atom stereocenters. The quantitative estimate of drug-likeness (QED) is 0.779. The third kappa shape index (κ3) is 5.27. The number of aromatic nitrogens is 1. The molecule has 0 saturated heterocycles. The van der Waals surface area contributed by atoms with Crippen LogP contribution in [0.5, 0.6) is 0 Å².